The van der Waals surface area contributed by atoms with E-state index in [2.05, 4.69) is 47.1 Å². The quantitative estimate of drug-likeness (QED) is 0.445. The van der Waals surface area contributed by atoms with Crippen molar-refractivity contribution in [3.8, 4) is 9.89 Å². The summed E-state index contributed by atoms with van der Waals surface area (Å²) in [5.74, 6) is 3.30. The molecule has 0 saturated heterocycles. The van der Waals surface area contributed by atoms with Crippen LogP contribution in [0.15, 0.2) is 30.3 Å². The molecule has 1 heteroatoms. The summed E-state index contributed by atoms with van der Waals surface area (Å²) in [5.41, 5.74) is 0. The van der Waals surface area contributed by atoms with E-state index in [0.29, 0.717) is 0 Å². The summed E-state index contributed by atoms with van der Waals surface area (Å²) in [6.07, 6.45) is 6.39. The summed E-state index contributed by atoms with van der Waals surface area (Å²) >= 11 is -0.235. The molecule has 0 saturated carbocycles. The van der Waals surface area contributed by atoms with Crippen LogP contribution >= 0.6 is 0 Å². The van der Waals surface area contributed by atoms with Crippen LogP contribution in [0.25, 0.3) is 0 Å². The Morgan fingerprint density at radius 1 is 1.07 bits per heavy atom. The van der Waals surface area contributed by atoms with E-state index in [-0.39, 0.29) is 20.9 Å². The standard InChI is InChI=1S/C14H18Te/c1-2-3-4-5-6-10-13-15-14-11-8-7-9-12-14/h7-9,11-12H,2-6H2,1H3. The number of hydrogen-bond acceptors (Lipinski definition) is 0. The summed E-state index contributed by atoms with van der Waals surface area (Å²) in [7, 11) is 0. The van der Waals surface area contributed by atoms with Crippen LogP contribution < -0.4 is 3.61 Å². The molecule has 0 aliphatic rings. The van der Waals surface area contributed by atoms with Crippen molar-refractivity contribution in [2.75, 3.05) is 0 Å². The molecule has 0 spiro atoms. The molecule has 0 aliphatic carbocycles. The molecule has 0 radical (unpaired) electrons. The SMILES string of the molecule is CCCCCCC#C[Te]c1ccccc1. The van der Waals surface area contributed by atoms with Gasteiger partial charge in [0, 0.05) is 0 Å². The van der Waals surface area contributed by atoms with Crippen molar-refractivity contribution in [2.45, 2.75) is 39.0 Å². The molecule has 80 valence electrons. The van der Waals surface area contributed by atoms with Crippen LogP contribution in [0.3, 0.4) is 0 Å². The summed E-state index contributed by atoms with van der Waals surface area (Å²) < 4.78 is 4.81. The molecule has 0 aliphatic heterocycles. The second-order valence-corrected chi connectivity index (χ2v) is 6.02. The summed E-state index contributed by atoms with van der Waals surface area (Å²) in [4.78, 5) is 0. The van der Waals surface area contributed by atoms with Crippen LogP contribution in [0.2, 0.25) is 0 Å². The number of rotatable bonds is 5. The van der Waals surface area contributed by atoms with Gasteiger partial charge >= 0.3 is 104 Å². The molecule has 15 heavy (non-hydrogen) atoms. The molecule has 0 N–H and O–H groups in total. The maximum absolute atomic E-state index is 3.36. The average Bonchev–Trinajstić information content (AvgIpc) is 2.29. The van der Waals surface area contributed by atoms with E-state index in [1.54, 1.807) is 0 Å². The normalized spacial score (nSPS) is 9.40. The predicted molar refractivity (Wildman–Crippen MR) is 68.4 cm³/mol. The van der Waals surface area contributed by atoms with Gasteiger partial charge in [0.15, 0.2) is 0 Å². The van der Waals surface area contributed by atoms with Crippen molar-refractivity contribution >= 4 is 24.5 Å². The monoisotopic (exact) mass is 316 g/mol. The summed E-state index contributed by atoms with van der Waals surface area (Å²) in [6, 6.07) is 10.6. The Kier molecular flexibility index (Phi) is 7.45. The van der Waals surface area contributed by atoms with Crippen molar-refractivity contribution in [2.24, 2.45) is 0 Å². The Morgan fingerprint density at radius 2 is 1.87 bits per heavy atom. The molecule has 1 aromatic rings. The number of hydrogen-bond donors (Lipinski definition) is 0. The average molecular weight is 314 g/mol. The molecule has 0 heterocycles. The van der Waals surface area contributed by atoms with Crippen molar-refractivity contribution < 1.29 is 0 Å². The van der Waals surface area contributed by atoms with E-state index in [4.69, 9.17) is 0 Å². The fourth-order valence-electron chi connectivity index (χ4n) is 1.27. The predicted octanol–water partition coefficient (Wildman–Crippen LogP) is 2.95. The Morgan fingerprint density at radius 3 is 2.60 bits per heavy atom. The van der Waals surface area contributed by atoms with Crippen molar-refractivity contribution in [3.05, 3.63) is 30.3 Å². The number of unbranched alkanes of at least 4 members (excludes halogenated alkanes) is 4. The second-order valence-electron chi connectivity index (χ2n) is 3.50. The zero-order chi connectivity index (χ0) is 10.8. The molecule has 0 unspecified atom stereocenters. The van der Waals surface area contributed by atoms with Gasteiger partial charge in [-0.2, -0.15) is 0 Å². The van der Waals surface area contributed by atoms with Crippen LogP contribution in [-0.2, 0) is 0 Å². The molecule has 0 bridgehead atoms. The summed E-state index contributed by atoms with van der Waals surface area (Å²) in [6.45, 7) is 2.24. The molecule has 1 rings (SSSR count). The van der Waals surface area contributed by atoms with E-state index in [1.165, 1.54) is 29.3 Å². The van der Waals surface area contributed by atoms with E-state index < -0.39 is 0 Å². The van der Waals surface area contributed by atoms with Crippen LogP contribution in [0.5, 0.6) is 0 Å². The van der Waals surface area contributed by atoms with Crippen molar-refractivity contribution in [3.63, 3.8) is 0 Å². The molecule has 0 nitrogen and oxygen atoms in total. The van der Waals surface area contributed by atoms with Crippen LogP contribution in [0, 0.1) is 9.89 Å². The first-order chi connectivity index (χ1) is 7.43. The topological polar surface area (TPSA) is 0 Å². The van der Waals surface area contributed by atoms with E-state index >= 15 is 0 Å². The minimum absolute atomic E-state index is 0.235. The molecule has 0 atom stereocenters. The van der Waals surface area contributed by atoms with E-state index in [9.17, 15) is 0 Å². The van der Waals surface area contributed by atoms with Crippen LogP contribution in [0.1, 0.15) is 39.0 Å². The number of benzene rings is 1. The zero-order valence-corrected chi connectivity index (χ0v) is 11.7. The third-order valence-corrected chi connectivity index (χ3v) is 4.29. The fourth-order valence-corrected chi connectivity index (χ4v) is 2.95. The first-order valence-corrected chi connectivity index (χ1v) is 7.96. The van der Waals surface area contributed by atoms with Gasteiger partial charge in [-0.25, -0.2) is 0 Å². The van der Waals surface area contributed by atoms with Gasteiger partial charge in [0.25, 0.3) is 0 Å². The van der Waals surface area contributed by atoms with Gasteiger partial charge in [0.1, 0.15) is 0 Å². The Hall–Kier alpha value is -0.430. The molecular formula is C14H18Te. The van der Waals surface area contributed by atoms with Crippen molar-refractivity contribution in [1.82, 2.24) is 0 Å². The molecule has 0 aromatic heterocycles. The van der Waals surface area contributed by atoms with Gasteiger partial charge in [-0.1, -0.05) is 0 Å². The van der Waals surface area contributed by atoms with Crippen LogP contribution in [-0.4, -0.2) is 20.9 Å². The first kappa shape index (κ1) is 12.6. The second kappa shape index (κ2) is 8.84. The first-order valence-electron chi connectivity index (χ1n) is 5.63. The summed E-state index contributed by atoms with van der Waals surface area (Å²) in [5, 5.41) is 0. The van der Waals surface area contributed by atoms with Crippen LogP contribution in [0.4, 0.5) is 0 Å². The van der Waals surface area contributed by atoms with Gasteiger partial charge in [-0.05, 0) is 0 Å². The molecule has 0 amide bonds. The zero-order valence-electron chi connectivity index (χ0n) is 9.33. The Bertz CT molecular complexity index is 305. The third kappa shape index (κ3) is 6.62. The Labute approximate surface area is 104 Å². The molecule has 0 fully saturated rings. The van der Waals surface area contributed by atoms with Gasteiger partial charge in [0.2, 0.25) is 0 Å². The van der Waals surface area contributed by atoms with Gasteiger partial charge in [-0.15, -0.1) is 0 Å². The van der Waals surface area contributed by atoms with E-state index in [0.717, 1.165) is 6.42 Å². The van der Waals surface area contributed by atoms with Gasteiger partial charge in [-0.3, -0.25) is 0 Å². The maximum atomic E-state index is 3.36. The molecular weight excluding hydrogens is 296 g/mol. The van der Waals surface area contributed by atoms with Crippen molar-refractivity contribution in [1.29, 1.82) is 0 Å². The van der Waals surface area contributed by atoms with Gasteiger partial charge in [0.05, 0.1) is 0 Å². The molecule has 1 aromatic carbocycles. The fraction of sp³-hybridized carbons (Fsp3) is 0.429. The van der Waals surface area contributed by atoms with Gasteiger partial charge < -0.3 is 0 Å². The third-order valence-electron chi connectivity index (χ3n) is 2.14. The Balaban J connectivity index is 2.12. The van der Waals surface area contributed by atoms with E-state index in [1.807, 2.05) is 0 Å². The minimum atomic E-state index is -0.235.